The van der Waals surface area contributed by atoms with Crippen LogP contribution in [0.2, 0.25) is 0 Å². The number of guanidine groups is 1. The van der Waals surface area contributed by atoms with E-state index in [0.29, 0.717) is 37.1 Å². The van der Waals surface area contributed by atoms with Crippen molar-refractivity contribution in [1.82, 2.24) is 15.6 Å². The van der Waals surface area contributed by atoms with Gasteiger partial charge in [0.1, 0.15) is 16.5 Å². The molecule has 0 amide bonds. The van der Waals surface area contributed by atoms with E-state index in [2.05, 4.69) is 39.8 Å². The average molecular weight is 362 g/mol. The standard InChI is InChI=1S/C18H26N4O2S/c1-12(2)15-11-25-17(22-15)10-21-18(19-3)20-8-7-13-5-6-14(24-4)9-16(13)23/h5-6,9,11-12,23H,7-8,10H2,1-4H3,(H2,19,20,21). The molecule has 0 aliphatic carbocycles. The zero-order valence-electron chi connectivity index (χ0n) is 15.2. The molecule has 0 bridgehead atoms. The Morgan fingerprint density at radius 2 is 2.16 bits per heavy atom. The first-order valence-corrected chi connectivity index (χ1v) is 9.16. The van der Waals surface area contributed by atoms with E-state index in [-0.39, 0.29) is 5.75 Å². The monoisotopic (exact) mass is 362 g/mol. The molecule has 2 aromatic rings. The van der Waals surface area contributed by atoms with Gasteiger partial charge in [0.15, 0.2) is 5.96 Å². The van der Waals surface area contributed by atoms with Crippen molar-refractivity contribution in [2.24, 2.45) is 4.99 Å². The summed E-state index contributed by atoms with van der Waals surface area (Å²) in [6.45, 7) is 5.59. The van der Waals surface area contributed by atoms with Gasteiger partial charge in [-0.3, -0.25) is 4.99 Å². The largest absolute Gasteiger partial charge is 0.508 e. The van der Waals surface area contributed by atoms with Crippen molar-refractivity contribution >= 4 is 17.3 Å². The molecule has 0 spiro atoms. The number of aromatic hydroxyl groups is 1. The highest BCUT2D eigenvalue weighted by atomic mass is 32.1. The Morgan fingerprint density at radius 1 is 1.36 bits per heavy atom. The third-order valence-electron chi connectivity index (χ3n) is 3.77. The molecule has 0 unspecified atom stereocenters. The van der Waals surface area contributed by atoms with Gasteiger partial charge in [0.2, 0.25) is 0 Å². The van der Waals surface area contributed by atoms with Crippen molar-refractivity contribution in [2.45, 2.75) is 32.7 Å². The van der Waals surface area contributed by atoms with Crippen LogP contribution < -0.4 is 15.4 Å². The number of ether oxygens (including phenoxy) is 1. The minimum Gasteiger partial charge on any atom is -0.508 e. The highest BCUT2D eigenvalue weighted by molar-refractivity contribution is 7.09. The fourth-order valence-electron chi connectivity index (χ4n) is 2.25. The maximum Gasteiger partial charge on any atom is 0.191 e. The van der Waals surface area contributed by atoms with E-state index in [1.54, 1.807) is 31.6 Å². The van der Waals surface area contributed by atoms with Gasteiger partial charge in [-0.05, 0) is 24.0 Å². The molecular formula is C18H26N4O2S. The molecule has 0 aliphatic heterocycles. The number of phenolic OH excluding ortho intramolecular Hbond substituents is 1. The van der Waals surface area contributed by atoms with Gasteiger partial charge in [-0.2, -0.15) is 0 Å². The number of nitrogens with zero attached hydrogens (tertiary/aromatic N) is 2. The molecule has 0 saturated heterocycles. The number of aliphatic imine (C=N–C) groups is 1. The summed E-state index contributed by atoms with van der Waals surface area (Å²) in [5.41, 5.74) is 1.99. The number of rotatable bonds is 7. The van der Waals surface area contributed by atoms with E-state index in [1.807, 2.05) is 12.1 Å². The highest BCUT2D eigenvalue weighted by Crippen LogP contribution is 2.23. The first-order chi connectivity index (χ1) is 12.0. The lowest BCUT2D eigenvalue weighted by Crippen LogP contribution is -2.37. The van der Waals surface area contributed by atoms with Crippen molar-refractivity contribution < 1.29 is 9.84 Å². The van der Waals surface area contributed by atoms with Crippen LogP contribution in [0.5, 0.6) is 11.5 Å². The van der Waals surface area contributed by atoms with Crippen LogP contribution in [0.3, 0.4) is 0 Å². The van der Waals surface area contributed by atoms with Gasteiger partial charge < -0.3 is 20.5 Å². The smallest absolute Gasteiger partial charge is 0.191 e. The number of hydrogen-bond donors (Lipinski definition) is 3. The molecule has 0 aliphatic rings. The molecular weight excluding hydrogens is 336 g/mol. The summed E-state index contributed by atoms with van der Waals surface area (Å²) in [7, 11) is 3.32. The Morgan fingerprint density at radius 3 is 2.76 bits per heavy atom. The van der Waals surface area contributed by atoms with E-state index in [0.717, 1.165) is 16.3 Å². The van der Waals surface area contributed by atoms with E-state index < -0.39 is 0 Å². The quantitative estimate of drug-likeness (QED) is 0.521. The number of benzene rings is 1. The molecule has 25 heavy (non-hydrogen) atoms. The zero-order valence-corrected chi connectivity index (χ0v) is 16.0. The highest BCUT2D eigenvalue weighted by Gasteiger charge is 2.07. The molecule has 1 aromatic heterocycles. The van der Waals surface area contributed by atoms with Gasteiger partial charge in [0.05, 0.1) is 19.3 Å². The lowest BCUT2D eigenvalue weighted by Gasteiger charge is -2.12. The lowest BCUT2D eigenvalue weighted by molar-refractivity contribution is 0.406. The second kappa shape index (κ2) is 9.27. The second-order valence-corrected chi connectivity index (χ2v) is 6.86. The van der Waals surface area contributed by atoms with Crippen LogP contribution in [-0.2, 0) is 13.0 Å². The number of methoxy groups -OCH3 is 1. The van der Waals surface area contributed by atoms with Gasteiger partial charge in [-0.25, -0.2) is 4.98 Å². The number of hydrogen-bond acceptors (Lipinski definition) is 5. The van der Waals surface area contributed by atoms with E-state index >= 15 is 0 Å². The number of nitrogens with one attached hydrogen (secondary N) is 2. The van der Waals surface area contributed by atoms with Gasteiger partial charge in [-0.1, -0.05) is 19.9 Å². The summed E-state index contributed by atoms with van der Waals surface area (Å²) in [4.78, 5) is 8.81. The molecule has 2 rings (SSSR count). The van der Waals surface area contributed by atoms with Crippen molar-refractivity contribution in [2.75, 3.05) is 20.7 Å². The van der Waals surface area contributed by atoms with Crippen LogP contribution in [0.15, 0.2) is 28.6 Å². The van der Waals surface area contributed by atoms with Crippen molar-refractivity contribution in [3.8, 4) is 11.5 Å². The summed E-state index contributed by atoms with van der Waals surface area (Å²) < 4.78 is 5.09. The summed E-state index contributed by atoms with van der Waals surface area (Å²) in [6, 6.07) is 5.34. The molecule has 0 saturated carbocycles. The first-order valence-electron chi connectivity index (χ1n) is 8.28. The van der Waals surface area contributed by atoms with Crippen LogP contribution in [0, 0.1) is 0 Å². The van der Waals surface area contributed by atoms with E-state index in [4.69, 9.17) is 4.74 Å². The third kappa shape index (κ3) is 5.63. The molecule has 0 radical (unpaired) electrons. The van der Waals surface area contributed by atoms with Crippen molar-refractivity contribution in [1.29, 1.82) is 0 Å². The van der Waals surface area contributed by atoms with Crippen molar-refractivity contribution in [3.63, 3.8) is 0 Å². The molecule has 136 valence electrons. The molecule has 0 atom stereocenters. The van der Waals surface area contributed by atoms with Gasteiger partial charge in [-0.15, -0.1) is 11.3 Å². The number of phenols is 1. The SMILES string of the molecule is CN=C(NCCc1ccc(OC)cc1O)NCc1nc(C(C)C)cs1. The Labute approximate surface area is 153 Å². The fourth-order valence-corrected chi connectivity index (χ4v) is 3.14. The summed E-state index contributed by atoms with van der Waals surface area (Å²) >= 11 is 1.66. The summed E-state index contributed by atoms with van der Waals surface area (Å²) in [5.74, 6) is 2.05. The van der Waals surface area contributed by atoms with Gasteiger partial charge in [0.25, 0.3) is 0 Å². The first kappa shape index (κ1) is 19.1. The predicted molar refractivity (Wildman–Crippen MR) is 103 cm³/mol. The van der Waals surface area contributed by atoms with Crippen molar-refractivity contribution in [3.05, 3.63) is 39.8 Å². The zero-order chi connectivity index (χ0) is 18.2. The molecule has 1 heterocycles. The van der Waals surface area contributed by atoms with Crippen LogP contribution in [0.1, 0.15) is 36.0 Å². The summed E-state index contributed by atoms with van der Waals surface area (Å²) in [6.07, 6.45) is 0.686. The van der Waals surface area contributed by atoms with Crippen LogP contribution in [-0.4, -0.2) is 36.8 Å². The molecule has 3 N–H and O–H groups in total. The van der Waals surface area contributed by atoms with Gasteiger partial charge in [0, 0.05) is 25.0 Å². The normalized spacial score (nSPS) is 11.6. The summed E-state index contributed by atoms with van der Waals surface area (Å²) in [5, 5.41) is 19.6. The van der Waals surface area contributed by atoms with Crippen LogP contribution in [0.25, 0.3) is 0 Å². The van der Waals surface area contributed by atoms with Crippen LogP contribution in [0.4, 0.5) is 0 Å². The van der Waals surface area contributed by atoms with Gasteiger partial charge >= 0.3 is 0 Å². The average Bonchev–Trinajstić information content (AvgIpc) is 3.08. The van der Waals surface area contributed by atoms with E-state index in [9.17, 15) is 5.11 Å². The molecule has 6 nitrogen and oxygen atoms in total. The minimum atomic E-state index is 0.244. The maximum atomic E-state index is 9.98. The molecule has 0 fully saturated rings. The van der Waals surface area contributed by atoms with E-state index in [1.165, 1.54) is 0 Å². The Balaban J connectivity index is 1.80. The minimum absolute atomic E-state index is 0.244. The molecule has 7 heteroatoms. The Hall–Kier alpha value is -2.28. The lowest BCUT2D eigenvalue weighted by atomic mass is 10.1. The third-order valence-corrected chi connectivity index (χ3v) is 4.64. The maximum absolute atomic E-state index is 9.98. The predicted octanol–water partition coefficient (Wildman–Crippen LogP) is 2.89. The fraction of sp³-hybridized carbons (Fsp3) is 0.444. The second-order valence-electron chi connectivity index (χ2n) is 5.92. The number of thiazole rings is 1. The Bertz CT molecular complexity index is 713. The Kier molecular flexibility index (Phi) is 7.06. The van der Waals surface area contributed by atoms with Crippen LogP contribution >= 0.6 is 11.3 Å². The molecule has 1 aromatic carbocycles. The number of aromatic nitrogens is 1. The topological polar surface area (TPSA) is 78.8 Å².